The van der Waals surface area contributed by atoms with E-state index in [1.807, 2.05) is 30.3 Å². The second-order valence-electron chi connectivity index (χ2n) is 5.47. The van der Waals surface area contributed by atoms with E-state index >= 15 is 0 Å². The average molecular weight is 361 g/mol. The summed E-state index contributed by atoms with van der Waals surface area (Å²) in [4.78, 5) is 11.5. The molecule has 132 valence electrons. The van der Waals surface area contributed by atoms with Crippen molar-refractivity contribution in [3.05, 3.63) is 48.0 Å². The van der Waals surface area contributed by atoms with E-state index in [1.54, 1.807) is 6.07 Å². The smallest absolute Gasteiger partial charge is 0.335 e. The number of carbonyl (C=O) groups is 1. The molecular formula is C17H19N3O4S. The number of rotatable bonds is 8. The Morgan fingerprint density at radius 3 is 2.60 bits per heavy atom. The minimum atomic E-state index is -1.01. The number of unbranched alkanes of at least 4 members (excludes halogenated alkanes) is 1. The van der Waals surface area contributed by atoms with Crippen molar-refractivity contribution in [2.24, 2.45) is 0 Å². The van der Waals surface area contributed by atoms with Gasteiger partial charge in [-0.25, -0.2) is 4.79 Å². The summed E-state index contributed by atoms with van der Waals surface area (Å²) in [5.41, 5.74) is 2.88. The molecule has 8 heteroatoms. The van der Waals surface area contributed by atoms with Crippen LogP contribution in [0.15, 0.2) is 42.5 Å². The number of para-hydroxylation sites is 1. The average Bonchev–Trinajstić information content (AvgIpc) is 2.56. The van der Waals surface area contributed by atoms with E-state index in [4.69, 9.17) is 8.57 Å². The van der Waals surface area contributed by atoms with Gasteiger partial charge in [-0.15, -0.1) is 8.57 Å². The van der Waals surface area contributed by atoms with Crippen molar-refractivity contribution >= 4 is 41.0 Å². The van der Waals surface area contributed by atoms with Crippen molar-refractivity contribution in [1.82, 2.24) is 0 Å². The Kier molecular flexibility index (Phi) is 5.64. The monoisotopic (exact) mass is 361 g/mol. The summed E-state index contributed by atoms with van der Waals surface area (Å²) in [6.45, 7) is 2.84. The van der Waals surface area contributed by atoms with Crippen LogP contribution in [0.3, 0.4) is 0 Å². The number of carboxylic acids is 1. The highest BCUT2D eigenvalue weighted by Gasteiger charge is 2.27. The molecule has 0 aromatic heterocycles. The van der Waals surface area contributed by atoms with Crippen LogP contribution in [0, 0.1) is 0 Å². The molecule has 0 amide bonds. The number of benzene rings is 2. The van der Waals surface area contributed by atoms with E-state index in [-0.39, 0.29) is 5.56 Å². The number of anilines is 4. The molecule has 0 spiro atoms. The minimum absolute atomic E-state index is 0.150. The number of carboxylic acid groups (broad SMARTS) is 1. The van der Waals surface area contributed by atoms with Crippen LogP contribution in [0.5, 0.6) is 0 Å². The number of hydrogen-bond donors (Lipinski definition) is 3. The van der Waals surface area contributed by atoms with Gasteiger partial charge in [-0.2, -0.15) is 0 Å². The summed E-state index contributed by atoms with van der Waals surface area (Å²) in [5.74, 6) is -1.01. The Bertz CT molecular complexity index is 738. The van der Waals surface area contributed by atoms with Crippen LogP contribution in [0.25, 0.3) is 0 Å². The number of nitrogens with one attached hydrogen (secondary N) is 2. The van der Waals surface area contributed by atoms with Crippen LogP contribution in [-0.4, -0.2) is 17.6 Å². The molecule has 0 bridgehead atoms. The SMILES string of the molecule is CCCCNc1cc(C(=O)O)cc(N2OSO2)c1Nc1ccccc1. The van der Waals surface area contributed by atoms with Crippen LogP contribution in [0.2, 0.25) is 0 Å². The van der Waals surface area contributed by atoms with Gasteiger partial charge >= 0.3 is 5.97 Å². The molecule has 1 aliphatic rings. The second-order valence-corrected chi connectivity index (χ2v) is 5.90. The first-order valence-corrected chi connectivity index (χ1v) is 8.64. The predicted octanol–water partition coefficient (Wildman–Crippen LogP) is 4.59. The van der Waals surface area contributed by atoms with E-state index < -0.39 is 5.97 Å². The van der Waals surface area contributed by atoms with Crippen LogP contribution in [0.4, 0.5) is 22.7 Å². The second kappa shape index (κ2) is 8.11. The molecule has 0 atom stereocenters. The topological polar surface area (TPSA) is 83.1 Å². The lowest BCUT2D eigenvalue weighted by Crippen LogP contribution is -2.28. The molecule has 1 fully saturated rings. The van der Waals surface area contributed by atoms with E-state index in [0.29, 0.717) is 17.1 Å². The molecule has 2 aromatic carbocycles. The summed E-state index contributed by atoms with van der Waals surface area (Å²) < 4.78 is 10.4. The first kappa shape index (κ1) is 17.4. The zero-order chi connectivity index (χ0) is 17.6. The first-order chi connectivity index (χ1) is 12.2. The van der Waals surface area contributed by atoms with Gasteiger partial charge in [0.25, 0.3) is 0 Å². The molecule has 3 N–H and O–H groups in total. The maximum absolute atomic E-state index is 11.5. The number of nitrogens with zero attached hydrogens (tertiary/aromatic N) is 1. The zero-order valence-corrected chi connectivity index (χ0v) is 14.5. The van der Waals surface area contributed by atoms with Crippen molar-refractivity contribution in [3.63, 3.8) is 0 Å². The van der Waals surface area contributed by atoms with Gasteiger partial charge in [0.05, 0.1) is 16.9 Å². The van der Waals surface area contributed by atoms with E-state index in [9.17, 15) is 9.90 Å². The van der Waals surface area contributed by atoms with Gasteiger partial charge in [0.15, 0.2) is 0 Å². The van der Waals surface area contributed by atoms with Crippen LogP contribution in [0.1, 0.15) is 30.1 Å². The molecule has 0 unspecified atom stereocenters. The molecule has 7 nitrogen and oxygen atoms in total. The van der Waals surface area contributed by atoms with Crippen molar-refractivity contribution in [1.29, 1.82) is 0 Å². The fourth-order valence-electron chi connectivity index (χ4n) is 2.37. The first-order valence-electron chi connectivity index (χ1n) is 7.98. The summed E-state index contributed by atoms with van der Waals surface area (Å²) in [6.07, 6.45) is 2.01. The van der Waals surface area contributed by atoms with Crippen LogP contribution in [-0.2, 0) is 8.57 Å². The van der Waals surface area contributed by atoms with Gasteiger partial charge in [0.1, 0.15) is 5.69 Å². The number of aromatic carboxylic acids is 1. The van der Waals surface area contributed by atoms with Crippen LogP contribution >= 0.6 is 12.3 Å². The summed E-state index contributed by atoms with van der Waals surface area (Å²) in [6, 6.07) is 12.7. The summed E-state index contributed by atoms with van der Waals surface area (Å²) in [5, 5.41) is 17.2. The molecule has 2 aromatic rings. The Hall–Kier alpha value is -2.42. The fourth-order valence-corrected chi connectivity index (χ4v) is 2.65. The highest BCUT2D eigenvalue weighted by atomic mass is 32.2. The lowest BCUT2D eigenvalue weighted by molar-refractivity contribution is 0.0273. The zero-order valence-electron chi connectivity index (χ0n) is 13.7. The largest absolute Gasteiger partial charge is 0.478 e. The Morgan fingerprint density at radius 2 is 2.00 bits per heavy atom. The standard InChI is InChI=1S/C17H19N3O4S/c1-2-3-9-18-14-10-12(17(21)22)11-15(20-23-25-24-20)16(14)19-13-7-5-4-6-8-13/h4-8,10-11,18-19H,2-3,9H2,1H3,(H,21,22). The van der Waals surface area contributed by atoms with Crippen molar-refractivity contribution < 1.29 is 18.5 Å². The molecule has 1 aliphatic heterocycles. The third kappa shape index (κ3) is 4.16. The molecule has 0 radical (unpaired) electrons. The Labute approximate surface area is 150 Å². The summed E-state index contributed by atoms with van der Waals surface area (Å²) >= 11 is 0.827. The normalized spacial score (nSPS) is 13.2. The Morgan fingerprint density at radius 1 is 1.24 bits per heavy atom. The Balaban J connectivity index is 2.01. The van der Waals surface area contributed by atoms with Gasteiger partial charge < -0.3 is 15.7 Å². The van der Waals surface area contributed by atoms with Crippen molar-refractivity contribution in [2.45, 2.75) is 19.8 Å². The van der Waals surface area contributed by atoms with E-state index in [0.717, 1.165) is 37.4 Å². The van der Waals surface area contributed by atoms with Gasteiger partial charge in [-0.05, 0) is 30.7 Å². The van der Waals surface area contributed by atoms with Gasteiger partial charge in [0, 0.05) is 12.2 Å². The third-order valence-electron chi connectivity index (χ3n) is 3.65. The van der Waals surface area contributed by atoms with Crippen LogP contribution < -0.4 is 15.9 Å². The van der Waals surface area contributed by atoms with Gasteiger partial charge in [0.2, 0.25) is 12.3 Å². The fraction of sp³-hybridized carbons (Fsp3) is 0.235. The molecule has 3 rings (SSSR count). The van der Waals surface area contributed by atoms with E-state index in [2.05, 4.69) is 17.6 Å². The highest BCUT2D eigenvalue weighted by Crippen LogP contribution is 2.42. The molecular weight excluding hydrogens is 342 g/mol. The minimum Gasteiger partial charge on any atom is -0.478 e. The molecule has 1 heterocycles. The molecule has 1 saturated heterocycles. The lowest BCUT2D eigenvalue weighted by Gasteiger charge is -2.29. The maximum atomic E-state index is 11.5. The van der Waals surface area contributed by atoms with Gasteiger partial charge in [-0.3, -0.25) is 0 Å². The maximum Gasteiger partial charge on any atom is 0.335 e. The third-order valence-corrected chi connectivity index (χ3v) is 4.04. The summed E-state index contributed by atoms with van der Waals surface area (Å²) in [7, 11) is 0. The molecule has 0 saturated carbocycles. The lowest BCUT2D eigenvalue weighted by atomic mass is 10.1. The molecule has 25 heavy (non-hydrogen) atoms. The molecule has 0 aliphatic carbocycles. The van der Waals surface area contributed by atoms with Gasteiger partial charge in [-0.1, -0.05) is 36.8 Å². The van der Waals surface area contributed by atoms with E-state index in [1.165, 1.54) is 11.3 Å². The quantitative estimate of drug-likeness (QED) is 0.465. The highest BCUT2D eigenvalue weighted by molar-refractivity contribution is 7.90. The predicted molar refractivity (Wildman–Crippen MR) is 98.8 cm³/mol. The number of hydrogen-bond acceptors (Lipinski definition) is 7. The van der Waals surface area contributed by atoms with Crippen molar-refractivity contribution in [3.8, 4) is 0 Å². The van der Waals surface area contributed by atoms with Crippen molar-refractivity contribution in [2.75, 3.05) is 22.4 Å².